The van der Waals surface area contributed by atoms with Gasteiger partial charge in [0.15, 0.2) is 33.6 Å². The van der Waals surface area contributed by atoms with Crippen LogP contribution in [0.4, 0.5) is 5.82 Å². The van der Waals surface area contributed by atoms with E-state index in [0.717, 1.165) is 16.2 Å². The van der Waals surface area contributed by atoms with Crippen LogP contribution >= 0.6 is 11.8 Å². The van der Waals surface area contributed by atoms with Gasteiger partial charge in [0.25, 0.3) is 0 Å². The minimum atomic E-state index is -0.0979. The average Bonchev–Trinajstić information content (AvgIpc) is 3.52. The third kappa shape index (κ3) is 4.14. The lowest BCUT2D eigenvalue weighted by atomic mass is 10.1. The summed E-state index contributed by atoms with van der Waals surface area (Å²) in [5.41, 5.74) is 8.06. The van der Waals surface area contributed by atoms with Crippen LogP contribution in [0.1, 0.15) is 19.6 Å². The first-order chi connectivity index (χ1) is 16.4. The van der Waals surface area contributed by atoms with Gasteiger partial charge in [0, 0.05) is 29.5 Å². The number of benzene rings is 1. The van der Waals surface area contributed by atoms with Crippen LogP contribution in [-0.4, -0.2) is 38.8 Å². The zero-order chi connectivity index (χ0) is 23.8. The lowest BCUT2D eigenvalue weighted by Crippen LogP contribution is -2.30. The van der Waals surface area contributed by atoms with Gasteiger partial charge in [0.2, 0.25) is 12.7 Å². The quantitative estimate of drug-likeness (QED) is 0.407. The Hall–Kier alpha value is -3.73. The van der Waals surface area contributed by atoms with Crippen LogP contribution in [0.5, 0.6) is 11.5 Å². The molecular weight excluding hydrogens is 456 g/mol. The van der Waals surface area contributed by atoms with Gasteiger partial charge in [-0.3, -0.25) is 4.79 Å². The molecule has 11 heteroatoms. The number of hydrogen-bond acceptors (Lipinski definition) is 9. The summed E-state index contributed by atoms with van der Waals surface area (Å²) < 4.78 is 19.0. The number of anilines is 1. The molecule has 1 aromatic carbocycles. The fourth-order valence-corrected chi connectivity index (χ4v) is 4.64. The SMILES string of the molecule is Cc1ccc(-c2cc3c(cc2Sc2nc4c(N)ncnc4n2CCNC(=O)C(C)C)OCO3)o1. The number of nitrogen functional groups attached to an aromatic ring is 1. The van der Waals surface area contributed by atoms with Crippen molar-refractivity contribution in [1.82, 2.24) is 24.8 Å². The molecule has 0 unspecified atom stereocenters. The van der Waals surface area contributed by atoms with Gasteiger partial charge in [0.05, 0.1) is 0 Å². The van der Waals surface area contributed by atoms with Gasteiger partial charge in [-0.15, -0.1) is 0 Å². The Labute approximate surface area is 199 Å². The normalized spacial score (nSPS) is 12.6. The molecule has 1 aliphatic rings. The molecule has 0 saturated carbocycles. The molecule has 0 radical (unpaired) electrons. The number of amides is 1. The monoisotopic (exact) mass is 480 g/mol. The Morgan fingerprint density at radius 1 is 1.24 bits per heavy atom. The Morgan fingerprint density at radius 2 is 2.03 bits per heavy atom. The van der Waals surface area contributed by atoms with Crippen LogP contribution in [0.25, 0.3) is 22.5 Å². The molecule has 0 spiro atoms. The third-order valence-corrected chi connectivity index (χ3v) is 6.42. The van der Waals surface area contributed by atoms with E-state index in [-0.39, 0.29) is 18.6 Å². The Morgan fingerprint density at radius 3 is 2.76 bits per heavy atom. The largest absolute Gasteiger partial charge is 0.461 e. The number of ether oxygens (including phenoxy) is 2. The second kappa shape index (κ2) is 8.90. The molecule has 1 aliphatic heterocycles. The number of nitrogens with zero attached hydrogens (tertiary/aromatic N) is 4. The summed E-state index contributed by atoms with van der Waals surface area (Å²) in [5.74, 6) is 3.01. The minimum Gasteiger partial charge on any atom is -0.461 e. The Bertz CT molecular complexity index is 1380. The van der Waals surface area contributed by atoms with E-state index in [1.54, 1.807) is 0 Å². The van der Waals surface area contributed by atoms with Crippen LogP contribution < -0.4 is 20.5 Å². The maximum atomic E-state index is 12.1. The Balaban J connectivity index is 1.55. The first kappa shape index (κ1) is 22.1. The molecule has 0 saturated heterocycles. The molecule has 0 fully saturated rings. The number of carbonyl (C=O) groups is 1. The number of hydrogen-bond donors (Lipinski definition) is 2. The molecule has 5 rings (SSSR count). The topological polar surface area (TPSA) is 130 Å². The molecule has 3 aromatic heterocycles. The molecule has 3 N–H and O–H groups in total. The highest BCUT2D eigenvalue weighted by Crippen LogP contribution is 2.45. The number of aryl methyl sites for hydroxylation is 1. The Kier molecular flexibility index (Phi) is 5.78. The number of furan rings is 1. The predicted molar refractivity (Wildman–Crippen MR) is 127 cm³/mol. The fraction of sp³-hybridized carbons (Fsp3) is 0.304. The third-order valence-electron chi connectivity index (χ3n) is 5.37. The highest BCUT2D eigenvalue weighted by Gasteiger charge is 2.23. The van der Waals surface area contributed by atoms with Gasteiger partial charge in [-0.2, -0.15) is 0 Å². The molecule has 0 atom stereocenters. The fourth-order valence-electron chi connectivity index (χ4n) is 3.59. The summed E-state index contributed by atoms with van der Waals surface area (Å²) in [6.07, 6.45) is 1.41. The van der Waals surface area contributed by atoms with Crippen LogP contribution in [0.15, 0.2) is 45.1 Å². The molecule has 1 amide bonds. The molecule has 34 heavy (non-hydrogen) atoms. The number of nitrogens with one attached hydrogen (secondary N) is 1. The van der Waals surface area contributed by atoms with Gasteiger partial charge in [-0.25, -0.2) is 15.0 Å². The van der Waals surface area contributed by atoms with E-state index in [2.05, 4.69) is 15.3 Å². The van der Waals surface area contributed by atoms with E-state index >= 15 is 0 Å². The highest BCUT2D eigenvalue weighted by atomic mass is 32.2. The van der Waals surface area contributed by atoms with Crippen molar-refractivity contribution in [2.45, 2.75) is 37.4 Å². The number of carbonyl (C=O) groups excluding carboxylic acids is 1. The maximum Gasteiger partial charge on any atom is 0.231 e. The predicted octanol–water partition coefficient (Wildman–Crippen LogP) is 3.63. The second-order valence-electron chi connectivity index (χ2n) is 8.14. The molecule has 4 heterocycles. The van der Waals surface area contributed by atoms with Crippen molar-refractivity contribution in [1.29, 1.82) is 0 Å². The van der Waals surface area contributed by atoms with Gasteiger partial charge in [0.1, 0.15) is 17.8 Å². The van der Waals surface area contributed by atoms with Gasteiger partial charge < -0.3 is 29.5 Å². The molecular formula is C23H24N6O4S. The van der Waals surface area contributed by atoms with Crippen molar-refractivity contribution in [2.75, 3.05) is 19.1 Å². The number of fused-ring (bicyclic) bond motifs is 2. The smallest absolute Gasteiger partial charge is 0.231 e. The standard InChI is InChI=1S/C23H24N6O4S/c1-12(2)22(30)25-6-7-29-21-19(20(24)26-10-27-21)28-23(29)34-18-9-17-16(31-11-32-17)8-14(18)15-5-4-13(3)33-15/h4-5,8-10,12H,6-7,11H2,1-3H3,(H,25,30)(H2,24,26,27). The summed E-state index contributed by atoms with van der Waals surface area (Å²) in [7, 11) is 0. The van der Waals surface area contributed by atoms with E-state index in [0.29, 0.717) is 52.5 Å². The van der Waals surface area contributed by atoms with Crippen LogP contribution in [0.2, 0.25) is 0 Å². The summed E-state index contributed by atoms with van der Waals surface area (Å²) in [5, 5.41) is 3.60. The van der Waals surface area contributed by atoms with E-state index in [9.17, 15) is 4.79 Å². The molecule has 0 bridgehead atoms. The number of imidazole rings is 1. The summed E-state index contributed by atoms with van der Waals surface area (Å²) >= 11 is 1.43. The van der Waals surface area contributed by atoms with E-state index in [1.165, 1.54) is 18.1 Å². The van der Waals surface area contributed by atoms with Crippen molar-refractivity contribution in [3.63, 3.8) is 0 Å². The zero-order valence-electron chi connectivity index (χ0n) is 19.0. The summed E-state index contributed by atoms with van der Waals surface area (Å²) in [4.78, 5) is 26.1. The van der Waals surface area contributed by atoms with Crippen LogP contribution in [-0.2, 0) is 11.3 Å². The molecule has 4 aromatic rings. The first-order valence-corrected chi connectivity index (χ1v) is 11.6. The summed E-state index contributed by atoms with van der Waals surface area (Å²) in [6, 6.07) is 7.66. The van der Waals surface area contributed by atoms with Crippen LogP contribution in [0, 0.1) is 12.8 Å². The van der Waals surface area contributed by atoms with Crippen molar-refractivity contribution in [2.24, 2.45) is 5.92 Å². The van der Waals surface area contributed by atoms with Crippen molar-refractivity contribution in [3.8, 4) is 22.8 Å². The van der Waals surface area contributed by atoms with Gasteiger partial charge >= 0.3 is 0 Å². The highest BCUT2D eigenvalue weighted by molar-refractivity contribution is 7.99. The van der Waals surface area contributed by atoms with E-state index in [1.807, 2.05) is 49.6 Å². The second-order valence-corrected chi connectivity index (χ2v) is 9.15. The molecule has 10 nitrogen and oxygen atoms in total. The lowest BCUT2D eigenvalue weighted by molar-refractivity contribution is -0.124. The first-order valence-electron chi connectivity index (χ1n) is 10.8. The van der Waals surface area contributed by atoms with Crippen LogP contribution in [0.3, 0.4) is 0 Å². The van der Waals surface area contributed by atoms with Crippen molar-refractivity contribution < 1.29 is 18.7 Å². The summed E-state index contributed by atoms with van der Waals surface area (Å²) in [6.45, 7) is 6.66. The average molecular weight is 481 g/mol. The number of rotatable bonds is 7. The van der Waals surface area contributed by atoms with Crippen molar-refractivity contribution >= 4 is 34.7 Å². The van der Waals surface area contributed by atoms with E-state index < -0.39 is 0 Å². The van der Waals surface area contributed by atoms with Gasteiger partial charge in [-0.1, -0.05) is 25.6 Å². The zero-order valence-corrected chi connectivity index (χ0v) is 19.8. The maximum absolute atomic E-state index is 12.1. The van der Waals surface area contributed by atoms with E-state index in [4.69, 9.17) is 24.6 Å². The lowest BCUT2D eigenvalue weighted by Gasteiger charge is -2.12. The molecule has 176 valence electrons. The number of nitrogens with two attached hydrogens (primary N) is 1. The minimum absolute atomic E-state index is 0.0148. The molecule has 0 aliphatic carbocycles. The van der Waals surface area contributed by atoms with Crippen molar-refractivity contribution in [3.05, 3.63) is 36.4 Å². The van der Waals surface area contributed by atoms with Gasteiger partial charge in [-0.05, 0) is 31.2 Å². The number of aromatic nitrogens is 4.